The molecule has 0 amide bonds. The quantitative estimate of drug-likeness (QED) is 0.863. The van der Waals surface area contributed by atoms with Gasteiger partial charge in [0.2, 0.25) is 0 Å². The van der Waals surface area contributed by atoms with Crippen molar-refractivity contribution in [2.75, 3.05) is 13.2 Å². The van der Waals surface area contributed by atoms with Crippen molar-refractivity contribution >= 4 is 0 Å². The van der Waals surface area contributed by atoms with Crippen molar-refractivity contribution in [2.45, 2.75) is 12.3 Å². The Labute approximate surface area is 113 Å². The number of ether oxygens (including phenoxy) is 1. The second-order valence-corrected chi connectivity index (χ2v) is 4.43. The number of benzene rings is 2. The molecule has 0 aromatic heterocycles. The van der Waals surface area contributed by atoms with Gasteiger partial charge >= 0.3 is 0 Å². The van der Waals surface area contributed by atoms with Crippen molar-refractivity contribution in [1.82, 2.24) is 0 Å². The molecule has 3 heteroatoms. The fourth-order valence-corrected chi connectivity index (χ4v) is 2.02. The summed E-state index contributed by atoms with van der Waals surface area (Å²) in [5, 5.41) is 0. The van der Waals surface area contributed by atoms with Crippen LogP contribution in [0.25, 0.3) is 0 Å². The number of rotatable bonds is 6. The Morgan fingerprint density at radius 2 is 1.68 bits per heavy atom. The zero-order valence-corrected chi connectivity index (χ0v) is 10.8. The molecule has 0 aliphatic carbocycles. The maximum absolute atomic E-state index is 13.5. The van der Waals surface area contributed by atoms with Crippen LogP contribution in [0.15, 0.2) is 54.6 Å². The molecule has 0 saturated heterocycles. The highest BCUT2D eigenvalue weighted by Crippen LogP contribution is 2.22. The zero-order chi connectivity index (χ0) is 13.5. The van der Waals surface area contributed by atoms with Gasteiger partial charge in [-0.25, -0.2) is 4.39 Å². The average molecular weight is 259 g/mol. The maximum Gasteiger partial charge on any atom is 0.165 e. The fraction of sp³-hybridized carbons (Fsp3) is 0.250. The molecule has 0 fully saturated rings. The summed E-state index contributed by atoms with van der Waals surface area (Å²) >= 11 is 0. The van der Waals surface area contributed by atoms with Crippen LogP contribution in [0.1, 0.15) is 17.9 Å². The minimum absolute atomic E-state index is 0.186. The Kier molecular flexibility index (Phi) is 4.93. The van der Waals surface area contributed by atoms with E-state index >= 15 is 0 Å². The van der Waals surface area contributed by atoms with Crippen LogP contribution >= 0.6 is 0 Å². The Hall–Kier alpha value is -1.87. The first-order valence-electron chi connectivity index (χ1n) is 6.43. The molecule has 0 aliphatic heterocycles. The minimum Gasteiger partial charge on any atom is -0.490 e. The summed E-state index contributed by atoms with van der Waals surface area (Å²) < 4.78 is 19.1. The number of para-hydroxylation sites is 1. The third-order valence-electron chi connectivity index (χ3n) is 3.06. The molecule has 19 heavy (non-hydrogen) atoms. The molecular weight excluding hydrogens is 241 g/mol. The largest absolute Gasteiger partial charge is 0.490 e. The normalized spacial score (nSPS) is 12.1. The van der Waals surface area contributed by atoms with E-state index in [1.54, 1.807) is 18.2 Å². The molecule has 0 aliphatic rings. The molecule has 2 rings (SSSR count). The highest BCUT2D eigenvalue weighted by atomic mass is 19.1. The summed E-state index contributed by atoms with van der Waals surface area (Å²) in [6.07, 6.45) is 0.818. The van der Waals surface area contributed by atoms with Gasteiger partial charge < -0.3 is 10.5 Å². The third kappa shape index (κ3) is 3.80. The first-order valence-corrected chi connectivity index (χ1v) is 6.43. The molecule has 2 aromatic rings. The molecule has 1 atom stereocenters. The van der Waals surface area contributed by atoms with Crippen LogP contribution < -0.4 is 10.5 Å². The van der Waals surface area contributed by atoms with Crippen molar-refractivity contribution in [1.29, 1.82) is 0 Å². The van der Waals surface area contributed by atoms with Crippen LogP contribution in [0.2, 0.25) is 0 Å². The van der Waals surface area contributed by atoms with E-state index in [4.69, 9.17) is 10.5 Å². The van der Waals surface area contributed by atoms with Gasteiger partial charge in [0.25, 0.3) is 0 Å². The summed E-state index contributed by atoms with van der Waals surface area (Å²) in [6, 6.07) is 16.5. The lowest BCUT2D eigenvalue weighted by molar-refractivity contribution is 0.270. The van der Waals surface area contributed by atoms with E-state index in [-0.39, 0.29) is 11.7 Å². The number of hydrogen-bond donors (Lipinski definition) is 1. The molecule has 100 valence electrons. The van der Waals surface area contributed by atoms with Crippen LogP contribution in [-0.2, 0) is 0 Å². The molecule has 2 N–H and O–H groups in total. The molecule has 0 radical (unpaired) electrons. The Morgan fingerprint density at radius 1 is 1.00 bits per heavy atom. The highest BCUT2D eigenvalue weighted by Gasteiger charge is 2.12. The SMILES string of the molecule is NCCC(COc1ccccc1F)c1ccccc1. The van der Waals surface area contributed by atoms with E-state index in [1.807, 2.05) is 30.3 Å². The maximum atomic E-state index is 13.5. The van der Waals surface area contributed by atoms with Gasteiger partial charge in [0.1, 0.15) is 0 Å². The fourth-order valence-electron chi connectivity index (χ4n) is 2.02. The molecule has 0 heterocycles. The first-order chi connectivity index (χ1) is 9.31. The van der Waals surface area contributed by atoms with E-state index in [2.05, 4.69) is 0 Å². The third-order valence-corrected chi connectivity index (χ3v) is 3.06. The second kappa shape index (κ2) is 6.90. The van der Waals surface area contributed by atoms with Crippen molar-refractivity contribution in [3.05, 3.63) is 66.0 Å². The van der Waals surface area contributed by atoms with Crippen molar-refractivity contribution in [3.8, 4) is 5.75 Å². The number of halogens is 1. The average Bonchev–Trinajstić information content (AvgIpc) is 2.46. The van der Waals surface area contributed by atoms with Crippen LogP contribution in [0.5, 0.6) is 5.75 Å². The predicted molar refractivity (Wildman–Crippen MR) is 74.7 cm³/mol. The number of hydrogen-bond acceptors (Lipinski definition) is 2. The smallest absolute Gasteiger partial charge is 0.165 e. The Morgan fingerprint density at radius 3 is 2.37 bits per heavy atom. The van der Waals surface area contributed by atoms with Gasteiger partial charge in [-0.1, -0.05) is 42.5 Å². The molecule has 0 spiro atoms. The summed E-state index contributed by atoms with van der Waals surface area (Å²) in [4.78, 5) is 0. The van der Waals surface area contributed by atoms with Gasteiger partial charge in [0.05, 0.1) is 6.61 Å². The standard InChI is InChI=1S/C16H18FNO/c17-15-8-4-5-9-16(15)19-12-14(10-11-18)13-6-2-1-3-7-13/h1-9,14H,10-12,18H2. The lowest BCUT2D eigenvalue weighted by atomic mass is 9.97. The van der Waals surface area contributed by atoms with E-state index in [1.165, 1.54) is 11.6 Å². The van der Waals surface area contributed by atoms with Gasteiger partial charge in [0, 0.05) is 5.92 Å². The van der Waals surface area contributed by atoms with Crippen LogP contribution in [-0.4, -0.2) is 13.2 Å². The van der Waals surface area contributed by atoms with Crippen LogP contribution in [0.4, 0.5) is 4.39 Å². The molecule has 2 nitrogen and oxygen atoms in total. The van der Waals surface area contributed by atoms with E-state index in [9.17, 15) is 4.39 Å². The Bertz CT molecular complexity index is 501. The summed E-state index contributed by atoms with van der Waals surface area (Å²) in [6.45, 7) is 1.02. The molecular formula is C16H18FNO. The lowest BCUT2D eigenvalue weighted by Crippen LogP contribution is -2.15. The highest BCUT2D eigenvalue weighted by molar-refractivity contribution is 5.25. The summed E-state index contributed by atoms with van der Waals surface area (Å²) in [5.41, 5.74) is 6.81. The minimum atomic E-state index is -0.331. The van der Waals surface area contributed by atoms with Gasteiger partial charge in [0.15, 0.2) is 11.6 Å². The molecule has 0 bridgehead atoms. The Balaban J connectivity index is 2.04. The van der Waals surface area contributed by atoms with Crippen molar-refractivity contribution in [2.24, 2.45) is 5.73 Å². The van der Waals surface area contributed by atoms with E-state index < -0.39 is 0 Å². The van der Waals surface area contributed by atoms with Gasteiger partial charge in [-0.3, -0.25) is 0 Å². The molecule has 2 aromatic carbocycles. The van der Waals surface area contributed by atoms with Crippen molar-refractivity contribution < 1.29 is 9.13 Å². The van der Waals surface area contributed by atoms with Crippen molar-refractivity contribution in [3.63, 3.8) is 0 Å². The van der Waals surface area contributed by atoms with E-state index in [0.717, 1.165) is 6.42 Å². The molecule has 0 saturated carbocycles. The van der Waals surface area contributed by atoms with Gasteiger partial charge in [-0.2, -0.15) is 0 Å². The first kappa shape index (κ1) is 13.6. The summed E-state index contributed by atoms with van der Waals surface area (Å²) in [7, 11) is 0. The van der Waals surface area contributed by atoms with Gasteiger partial charge in [-0.05, 0) is 30.7 Å². The summed E-state index contributed by atoms with van der Waals surface area (Å²) in [5.74, 6) is 0.147. The lowest BCUT2D eigenvalue weighted by Gasteiger charge is -2.17. The van der Waals surface area contributed by atoms with Gasteiger partial charge in [-0.15, -0.1) is 0 Å². The second-order valence-electron chi connectivity index (χ2n) is 4.43. The monoisotopic (exact) mass is 259 g/mol. The van der Waals surface area contributed by atoms with Crippen LogP contribution in [0.3, 0.4) is 0 Å². The molecule has 1 unspecified atom stereocenters. The van der Waals surface area contributed by atoms with E-state index in [0.29, 0.717) is 18.9 Å². The number of nitrogens with two attached hydrogens (primary N) is 1. The van der Waals surface area contributed by atoms with Crippen LogP contribution in [0, 0.1) is 5.82 Å². The topological polar surface area (TPSA) is 35.2 Å². The zero-order valence-electron chi connectivity index (χ0n) is 10.8. The predicted octanol–water partition coefficient (Wildman–Crippen LogP) is 3.34.